The minimum Gasteiger partial charge on any atom is -0.756 e. The molecule has 10 heteroatoms. The first kappa shape index (κ1) is 51.2. The van der Waals surface area contributed by atoms with E-state index < -0.39 is 32.5 Å². The number of phosphoric acid groups is 1. The maximum atomic E-state index is 12.6. The van der Waals surface area contributed by atoms with E-state index in [0.717, 1.165) is 70.6 Å². The highest BCUT2D eigenvalue weighted by atomic mass is 31.2. The van der Waals surface area contributed by atoms with E-state index in [0.29, 0.717) is 23.9 Å². The molecule has 0 aliphatic heterocycles. The third-order valence-corrected chi connectivity index (χ3v) is 8.86. The Balaban J connectivity index is 4.57. The number of carbonyl (C=O) groups excluding carboxylic acids is 2. The number of phosphoric ester groups is 1. The van der Waals surface area contributed by atoms with Gasteiger partial charge in [-0.3, -0.25) is 14.2 Å². The van der Waals surface area contributed by atoms with Gasteiger partial charge >= 0.3 is 11.9 Å². The zero-order chi connectivity index (χ0) is 40.0. The second-order valence-electron chi connectivity index (χ2n) is 14.3. The van der Waals surface area contributed by atoms with Gasteiger partial charge in [-0.2, -0.15) is 0 Å². The van der Waals surface area contributed by atoms with Gasteiger partial charge in [-0.1, -0.05) is 112 Å². The van der Waals surface area contributed by atoms with Crippen molar-refractivity contribution in [1.29, 1.82) is 0 Å². The molecular weight excluding hydrogens is 701 g/mol. The van der Waals surface area contributed by atoms with Gasteiger partial charge in [0.2, 0.25) is 0 Å². The summed E-state index contributed by atoms with van der Waals surface area (Å²) in [6.45, 7) is 3.95. The molecule has 9 nitrogen and oxygen atoms in total. The summed E-state index contributed by atoms with van der Waals surface area (Å²) in [5.41, 5.74) is 0. The average Bonchev–Trinajstić information content (AvgIpc) is 3.12. The molecule has 0 bridgehead atoms. The first-order valence-electron chi connectivity index (χ1n) is 20.3. The number of quaternary nitrogens is 1. The predicted molar refractivity (Wildman–Crippen MR) is 222 cm³/mol. The molecule has 0 aromatic rings. The molecule has 0 saturated heterocycles. The molecule has 0 fully saturated rings. The maximum absolute atomic E-state index is 12.6. The third kappa shape index (κ3) is 38.9. The quantitative estimate of drug-likeness (QED) is 0.0206. The molecule has 0 N–H and O–H groups in total. The Hall–Kier alpha value is -2.81. The van der Waals surface area contributed by atoms with Crippen LogP contribution in [0.2, 0.25) is 0 Å². The molecule has 2 atom stereocenters. The Kier molecular flexibility index (Phi) is 34.0. The number of likely N-dealkylation sites (N-methyl/N-ethyl adjacent to an activating group) is 1. The number of esters is 2. The highest BCUT2D eigenvalue weighted by Crippen LogP contribution is 2.38. The zero-order valence-corrected chi connectivity index (χ0v) is 35.3. The molecule has 308 valence electrons. The van der Waals surface area contributed by atoms with Crippen LogP contribution in [-0.4, -0.2) is 70.0 Å². The summed E-state index contributed by atoms with van der Waals surface area (Å²) < 4.78 is 33.7. The highest BCUT2D eigenvalue weighted by molar-refractivity contribution is 7.45. The summed E-state index contributed by atoms with van der Waals surface area (Å²) >= 11 is 0. The van der Waals surface area contributed by atoms with Crippen molar-refractivity contribution in [3.8, 4) is 0 Å². The van der Waals surface area contributed by atoms with Crippen LogP contribution in [-0.2, 0) is 32.7 Å². The fourth-order valence-corrected chi connectivity index (χ4v) is 5.44. The van der Waals surface area contributed by atoms with Crippen LogP contribution in [0.25, 0.3) is 0 Å². The van der Waals surface area contributed by atoms with Crippen molar-refractivity contribution in [2.75, 3.05) is 47.5 Å². The SMILES string of the molecule is CC/C=C/C/C=C/C/C=C/C/C=C/CCCCC(=O)O[C@H](COC(=O)CCCC/C=C/C/C=C/C/C=C/CCCCC)COP(=O)([O-])OCC[N+](C)(C)C. The number of nitrogens with zero attached hydrogens (tertiary/aromatic N) is 1. The number of allylic oxidation sites excluding steroid dienone is 14. The van der Waals surface area contributed by atoms with Crippen molar-refractivity contribution in [2.24, 2.45) is 0 Å². The van der Waals surface area contributed by atoms with E-state index in [1.165, 1.54) is 19.3 Å². The first-order chi connectivity index (χ1) is 26.0. The number of hydrogen-bond acceptors (Lipinski definition) is 8. The van der Waals surface area contributed by atoms with E-state index in [2.05, 4.69) is 98.9 Å². The molecular formula is C44H74NO8P. The van der Waals surface area contributed by atoms with Crippen molar-refractivity contribution in [1.82, 2.24) is 0 Å². The minimum absolute atomic E-state index is 0.0499. The van der Waals surface area contributed by atoms with Crippen molar-refractivity contribution < 1.29 is 42.1 Å². The maximum Gasteiger partial charge on any atom is 0.306 e. The lowest BCUT2D eigenvalue weighted by Crippen LogP contribution is -2.37. The van der Waals surface area contributed by atoms with Crippen molar-refractivity contribution in [2.45, 2.75) is 136 Å². The Morgan fingerprint density at radius 1 is 0.593 bits per heavy atom. The summed E-state index contributed by atoms with van der Waals surface area (Å²) in [7, 11) is 1.10. The molecule has 0 spiro atoms. The van der Waals surface area contributed by atoms with Gasteiger partial charge in [0.1, 0.15) is 19.8 Å². The fraction of sp³-hybridized carbons (Fsp3) is 0.636. The molecule has 1 unspecified atom stereocenters. The first-order valence-corrected chi connectivity index (χ1v) is 21.8. The van der Waals surface area contributed by atoms with Crippen molar-refractivity contribution in [3.05, 3.63) is 85.1 Å². The lowest BCUT2D eigenvalue weighted by atomic mass is 10.1. The Morgan fingerprint density at radius 3 is 1.50 bits per heavy atom. The van der Waals surface area contributed by atoms with Gasteiger partial charge in [-0.25, -0.2) is 0 Å². The lowest BCUT2D eigenvalue weighted by Gasteiger charge is -2.28. The van der Waals surface area contributed by atoms with Gasteiger partial charge in [0.25, 0.3) is 7.82 Å². The normalized spacial score (nSPS) is 14.6. The van der Waals surface area contributed by atoms with Crippen LogP contribution >= 0.6 is 7.82 Å². The van der Waals surface area contributed by atoms with Crippen LogP contribution in [0.3, 0.4) is 0 Å². The number of unbranched alkanes of at least 4 members (excludes halogenated alkanes) is 7. The Bertz CT molecular complexity index is 1200. The zero-order valence-electron chi connectivity index (χ0n) is 34.4. The smallest absolute Gasteiger partial charge is 0.306 e. The van der Waals surface area contributed by atoms with E-state index in [-0.39, 0.29) is 26.1 Å². The predicted octanol–water partition coefficient (Wildman–Crippen LogP) is 10.6. The van der Waals surface area contributed by atoms with E-state index in [9.17, 15) is 19.0 Å². The van der Waals surface area contributed by atoms with Crippen molar-refractivity contribution in [3.63, 3.8) is 0 Å². The van der Waals surface area contributed by atoms with E-state index in [1.54, 1.807) is 0 Å². The van der Waals surface area contributed by atoms with Gasteiger partial charge in [0.05, 0.1) is 27.7 Å². The summed E-state index contributed by atoms with van der Waals surface area (Å²) in [5.74, 6) is -0.940. The summed E-state index contributed by atoms with van der Waals surface area (Å²) in [5, 5.41) is 0. The summed E-state index contributed by atoms with van der Waals surface area (Å²) in [6.07, 6.45) is 44.8. The monoisotopic (exact) mass is 776 g/mol. The van der Waals surface area contributed by atoms with Crippen LogP contribution in [0.5, 0.6) is 0 Å². The minimum atomic E-state index is -4.65. The molecule has 0 aliphatic rings. The van der Waals surface area contributed by atoms with E-state index in [1.807, 2.05) is 21.1 Å². The van der Waals surface area contributed by atoms with E-state index in [4.69, 9.17) is 18.5 Å². The summed E-state index contributed by atoms with van der Waals surface area (Å²) in [6, 6.07) is 0. The van der Waals surface area contributed by atoms with Gasteiger partial charge in [0.15, 0.2) is 6.10 Å². The van der Waals surface area contributed by atoms with Gasteiger partial charge in [0, 0.05) is 12.8 Å². The molecule has 54 heavy (non-hydrogen) atoms. The van der Waals surface area contributed by atoms with Crippen LogP contribution in [0, 0.1) is 0 Å². The van der Waals surface area contributed by atoms with Crippen LogP contribution in [0.4, 0.5) is 0 Å². The Morgan fingerprint density at radius 2 is 1.04 bits per heavy atom. The van der Waals surface area contributed by atoms with Crippen LogP contribution < -0.4 is 4.89 Å². The van der Waals surface area contributed by atoms with Gasteiger partial charge in [-0.05, 0) is 89.9 Å². The average molecular weight is 776 g/mol. The van der Waals surface area contributed by atoms with E-state index >= 15 is 0 Å². The van der Waals surface area contributed by atoms with Crippen LogP contribution in [0.1, 0.15) is 129 Å². The summed E-state index contributed by atoms with van der Waals surface area (Å²) in [4.78, 5) is 37.4. The number of hydrogen-bond donors (Lipinski definition) is 0. The van der Waals surface area contributed by atoms with Gasteiger partial charge < -0.3 is 27.9 Å². The largest absolute Gasteiger partial charge is 0.756 e. The number of rotatable bonds is 35. The molecule has 0 heterocycles. The molecule has 0 amide bonds. The third-order valence-electron chi connectivity index (χ3n) is 7.90. The molecule has 0 aliphatic carbocycles. The van der Waals surface area contributed by atoms with Crippen molar-refractivity contribution >= 4 is 19.8 Å². The molecule has 0 radical (unpaired) electrons. The van der Waals surface area contributed by atoms with Crippen LogP contribution in [0.15, 0.2) is 85.1 Å². The number of ether oxygens (including phenoxy) is 2. The second-order valence-corrected chi connectivity index (χ2v) is 15.7. The number of carbonyl (C=O) groups is 2. The van der Waals surface area contributed by atoms with Gasteiger partial charge in [-0.15, -0.1) is 0 Å². The topological polar surface area (TPSA) is 111 Å². The molecule has 0 aromatic heterocycles. The standard InChI is InChI=1S/C44H74NO8P/c1-6-8-10-12-14-16-18-20-22-24-26-28-30-32-34-36-43(46)50-40-42(41-52-54(48,49)51-39-38-45(3,4)5)53-44(47)37-35-33-31-29-27-25-23-21-19-17-15-13-11-9-7-2/h9,11,14-17,20-23,26-29,42H,6-8,10,12-13,18-19,24-25,30-41H2,1-5H3/b11-9+,16-14+,17-15+,22-20+,23-21+,28-26+,29-27+/t42-/m1/s1. The second kappa shape index (κ2) is 35.9. The fourth-order valence-electron chi connectivity index (χ4n) is 4.71. The Labute approximate surface area is 329 Å². The molecule has 0 saturated carbocycles. The highest BCUT2D eigenvalue weighted by Gasteiger charge is 2.21. The molecule has 0 rings (SSSR count). The molecule has 0 aromatic carbocycles. The lowest BCUT2D eigenvalue weighted by molar-refractivity contribution is -0.870.